The lowest BCUT2D eigenvalue weighted by Gasteiger charge is -2.15. The van der Waals surface area contributed by atoms with Crippen LogP contribution in [0.4, 0.5) is 0 Å². The van der Waals surface area contributed by atoms with Crippen molar-refractivity contribution >= 4 is 34.2 Å². The molecule has 0 saturated carbocycles. The highest BCUT2D eigenvalue weighted by molar-refractivity contribution is 14.1. The lowest BCUT2D eigenvalue weighted by molar-refractivity contribution is 0.659. The fourth-order valence-electron chi connectivity index (χ4n) is 1.04. The summed E-state index contributed by atoms with van der Waals surface area (Å²) in [5.41, 5.74) is 1.37. The molecule has 0 radical (unpaired) electrons. The minimum absolute atomic E-state index is 0.529. The summed E-state index contributed by atoms with van der Waals surface area (Å²) in [5.74, 6) is 1.26. The highest BCUT2D eigenvalue weighted by atomic mass is 127. The molecule has 0 aliphatic carbocycles. The van der Waals surface area contributed by atoms with Gasteiger partial charge >= 0.3 is 0 Å². The normalized spacial score (nSPS) is 15.6. The lowest BCUT2D eigenvalue weighted by atomic mass is 10.0. The molecule has 66 valence electrons. The van der Waals surface area contributed by atoms with Gasteiger partial charge in [-0.25, -0.2) is 0 Å². The first-order valence-electron chi connectivity index (χ1n) is 4.00. The first-order chi connectivity index (χ1) is 5.75. The maximum atomic E-state index is 5.79. The zero-order valence-corrected chi connectivity index (χ0v) is 9.92. The number of rotatable bonds is 3. The predicted octanol–water partition coefficient (Wildman–Crippen LogP) is 4.04. The van der Waals surface area contributed by atoms with Gasteiger partial charge in [0.1, 0.15) is 0 Å². The van der Waals surface area contributed by atoms with Gasteiger partial charge in [-0.2, -0.15) is 0 Å². The molecule has 0 saturated heterocycles. The molecule has 0 aromatic heterocycles. The largest absolute Gasteiger partial charge is 0.126 e. The van der Waals surface area contributed by atoms with Gasteiger partial charge in [-0.15, -0.1) is 11.6 Å². The molecule has 0 fully saturated rings. The van der Waals surface area contributed by atoms with Crippen LogP contribution in [0.25, 0.3) is 0 Å². The molecule has 0 bridgehead atoms. The van der Waals surface area contributed by atoms with Crippen LogP contribution >= 0.6 is 34.2 Å². The van der Waals surface area contributed by atoms with Crippen LogP contribution in [0.3, 0.4) is 0 Å². The minimum atomic E-state index is 0.529. The molecule has 12 heavy (non-hydrogen) atoms. The smallest absolute Gasteiger partial charge is 0.0396 e. The third kappa shape index (κ3) is 2.63. The molecule has 0 amide bonds. The maximum Gasteiger partial charge on any atom is 0.0396 e. The minimum Gasteiger partial charge on any atom is -0.126 e. The molecule has 0 aliphatic heterocycles. The highest BCUT2D eigenvalue weighted by Gasteiger charge is 2.13. The molecule has 1 aromatic carbocycles. The quantitative estimate of drug-likeness (QED) is 0.583. The second kappa shape index (κ2) is 5.07. The van der Waals surface area contributed by atoms with Gasteiger partial charge in [0.15, 0.2) is 0 Å². The van der Waals surface area contributed by atoms with Gasteiger partial charge in [0.25, 0.3) is 0 Å². The molecule has 1 aromatic rings. The van der Waals surface area contributed by atoms with Crippen LogP contribution in [0.5, 0.6) is 0 Å². The van der Waals surface area contributed by atoms with E-state index >= 15 is 0 Å². The van der Waals surface area contributed by atoms with Crippen LogP contribution < -0.4 is 0 Å². The Balaban J connectivity index is 2.71. The summed E-state index contributed by atoms with van der Waals surface area (Å²) >= 11 is 8.24. The van der Waals surface area contributed by atoms with E-state index in [0.29, 0.717) is 9.84 Å². The van der Waals surface area contributed by atoms with E-state index in [4.69, 9.17) is 11.6 Å². The van der Waals surface area contributed by atoms with Gasteiger partial charge in [-0.1, -0.05) is 59.8 Å². The maximum absolute atomic E-state index is 5.79. The van der Waals surface area contributed by atoms with Crippen molar-refractivity contribution in [3.63, 3.8) is 0 Å². The molecular weight excluding hydrogens is 282 g/mol. The Kier molecular flexibility index (Phi) is 4.36. The summed E-state index contributed by atoms with van der Waals surface area (Å²) in [6, 6.07) is 10.5. The molecule has 0 heterocycles. The van der Waals surface area contributed by atoms with Crippen LogP contribution in [0.1, 0.15) is 16.4 Å². The summed E-state index contributed by atoms with van der Waals surface area (Å²) in [7, 11) is 0. The Bertz CT molecular complexity index is 223. The van der Waals surface area contributed by atoms with E-state index < -0.39 is 0 Å². The van der Waals surface area contributed by atoms with E-state index in [0.717, 1.165) is 5.88 Å². The molecule has 1 rings (SSSR count). The van der Waals surface area contributed by atoms with Crippen LogP contribution in [-0.2, 0) is 0 Å². The van der Waals surface area contributed by atoms with Crippen molar-refractivity contribution in [3.8, 4) is 0 Å². The van der Waals surface area contributed by atoms with Crippen molar-refractivity contribution < 1.29 is 0 Å². The van der Waals surface area contributed by atoms with Crippen LogP contribution in [0.2, 0.25) is 0 Å². The highest BCUT2D eigenvalue weighted by Crippen LogP contribution is 2.31. The number of alkyl halides is 2. The van der Waals surface area contributed by atoms with Crippen molar-refractivity contribution in [1.82, 2.24) is 0 Å². The SMILES string of the molecule is CC(CCl)C(I)c1ccccc1. The van der Waals surface area contributed by atoms with Gasteiger partial charge in [0.2, 0.25) is 0 Å². The Morgan fingerprint density at radius 2 is 1.92 bits per heavy atom. The number of hydrogen-bond donors (Lipinski definition) is 0. The third-order valence-corrected chi connectivity index (χ3v) is 4.29. The molecular formula is C10H12ClI. The summed E-state index contributed by atoms with van der Waals surface area (Å²) in [4.78, 5) is 0. The van der Waals surface area contributed by atoms with Crippen molar-refractivity contribution in [2.75, 3.05) is 5.88 Å². The van der Waals surface area contributed by atoms with Gasteiger partial charge in [0, 0.05) is 9.80 Å². The second-order valence-corrected chi connectivity index (χ2v) is 4.59. The molecule has 2 heteroatoms. The van der Waals surface area contributed by atoms with E-state index in [1.54, 1.807) is 0 Å². The van der Waals surface area contributed by atoms with Gasteiger partial charge in [-0.3, -0.25) is 0 Å². The molecule has 0 nitrogen and oxygen atoms in total. The van der Waals surface area contributed by atoms with Crippen molar-refractivity contribution in [2.24, 2.45) is 5.92 Å². The fourth-order valence-corrected chi connectivity index (χ4v) is 2.19. The molecule has 0 spiro atoms. The predicted molar refractivity (Wildman–Crippen MR) is 63.1 cm³/mol. The van der Waals surface area contributed by atoms with Gasteiger partial charge in [-0.05, 0) is 11.5 Å². The van der Waals surface area contributed by atoms with E-state index in [1.165, 1.54) is 5.56 Å². The monoisotopic (exact) mass is 294 g/mol. The number of hydrogen-bond acceptors (Lipinski definition) is 0. The first kappa shape index (κ1) is 10.3. The van der Waals surface area contributed by atoms with Crippen LogP contribution in [-0.4, -0.2) is 5.88 Å². The van der Waals surface area contributed by atoms with Gasteiger partial charge in [0.05, 0.1) is 0 Å². The Morgan fingerprint density at radius 1 is 1.33 bits per heavy atom. The van der Waals surface area contributed by atoms with E-state index in [-0.39, 0.29) is 0 Å². The summed E-state index contributed by atoms with van der Waals surface area (Å²) < 4.78 is 0.529. The van der Waals surface area contributed by atoms with E-state index in [2.05, 4.69) is 53.8 Å². The average Bonchev–Trinajstić information content (AvgIpc) is 2.17. The summed E-state index contributed by atoms with van der Waals surface area (Å²) in [6.45, 7) is 2.18. The Hall–Kier alpha value is 0.240. The van der Waals surface area contributed by atoms with Crippen molar-refractivity contribution in [3.05, 3.63) is 35.9 Å². The Morgan fingerprint density at radius 3 is 2.42 bits per heavy atom. The summed E-state index contributed by atoms with van der Waals surface area (Å²) in [6.07, 6.45) is 0. The van der Waals surface area contributed by atoms with Crippen molar-refractivity contribution in [1.29, 1.82) is 0 Å². The fraction of sp³-hybridized carbons (Fsp3) is 0.400. The summed E-state index contributed by atoms with van der Waals surface area (Å²) in [5, 5.41) is 0. The first-order valence-corrected chi connectivity index (χ1v) is 5.78. The topological polar surface area (TPSA) is 0 Å². The molecule has 2 atom stereocenters. The number of benzene rings is 1. The molecule has 0 N–H and O–H groups in total. The Labute approximate surface area is 92.5 Å². The van der Waals surface area contributed by atoms with Crippen molar-refractivity contribution in [2.45, 2.75) is 10.8 Å². The van der Waals surface area contributed by atoms with Crippen LogP contribution in [0, 0.1) is 5.92 Å². The molecule has 0 aliphatic rings. The van der Waals surface area contributed by atoms with E-state index in [1.807, 2.05) is 6.07 Å². The van der Waals surface area contributed by atoms with E-state index in [9.17, 15) is 0 Å². The standard InChI is InChI=1S/C10H12ClI/c1-8(7-11)10(12)9-5-3-2-4-6-9/h2-6,8,10H,7H2,1H3. The second-order valence-electron chi connectivity index (χ2n) is 2.94. The third-order valence-electron chi connectivity index (χ3n) is 1.86. The molecule has 2 unspecified atom stereocenters. The zero-order chi connectivity index (χ0) is 8.97. The van der Waals surface area contributed by atoms with Gasteiger partial charge < -0.3 is 0 Å². The number of halogens is 2. The zero-order valence-electron chi connectivity index (χ0n) is 7.00. The average molecular weight is 295 g/mol. The van der Waals surface area contributed by atoms with Crippen LogP contribution in [0.15, 0.2) is 30.3 Å². The lowest BCUT2D eigenvalue weighted by Crippen LogP contribution is -2.04.